The van der Waals surface area contributed by atoms with Gasteiger partial charge < -0.3 is 30.3 Å². The second-order valence-corrected chi connectivity index (χ2v) is 17.7. The van der Waals surface area contributed by atoms with Crippen LogP contribution in [0.5, 0.6) is 0 Å². The number of carbonyl (C=O) groups is 2. The summed E-state index contributed by atoms with van der Waals surface area (Å²) < 4.78 is 32.8. The molecule has 0 saturated carbocycles. The summed E-state index contributed by atoms with van der Waals surface area (Å²) in [5.41, 5.74) is 5.35. The number of hydrogen-bond donors (Lipinski definition) is 4. The Kier molecular flexibility index (Phi) is 41.9. The van der Waals surface area contributed by atoms with Gasteiger partial charge in [-0.15, -0.1) is 0 Å². The summed E-state index contributed by atoms with van der Waals surface area (Å²) in [4.78, 5) is 35.0. The Morgan fingerprint density at radius 1 is 0.559 bits per heavy atom. The maximum atomic E-state index is 12.6. The third-order valence-electron chi connectivity index (χ3n) is 10.5. The van der Waals surface area contributed by atoms with Gasteiger partial charge in [-0.3, -0.25) is 18.6 Å². The predicted molar refractivity (Wildman–Crippen MR) is 241 cm³/mol. The van der Waals surface area contributed by atoms with Crippen LogP contribution in [0.3, 0.4) is 0 Å². The quantitative estimate of drug-likeness (QED) is 0.0198. The average molecular weight is 860 g/mol. The molecule has 0 aliphatic rings. The summed E-state index contributed by atoms with van der Waals surface area (Å²) in [6, 6.07) is 0. The molecule has 348 valence electrons. The van der Waals surface area contributed by atoms with Crippen molar-refractivity contribution < 1.29 is 47.8 Å². The topological polar surface area (TPSA) is 175 Å². The predicted octanol–water partition coefficient (Wildman–Crippen LogP) is 11.9. The van der Waals surface area contributed by atoms with Crippen molar-refractivity contribution in [2.75, 3.05) is 26.4 Å². The summed E-state index contributed by atoms with van der Waals surface area (Å²) in [5.74, 6) is -0.934. The minimum absolute atomic E-state index is 0.0316. The molecule has 0 spiro atoms. The van der Waals surface area contributed by atoms with Crippen LogP contribution in [-0.4, -0.2) is 71.7 Å². The first-order valence-electron chi connectivity index (χ1n) is 24.0. The maximum absolute atomic E-state index is 12.6. The van der Waals surface area contributed by atoms with Gasteiger partial charge in [-0.2, -0.15) is 0 Å². The molecule has 4 atom stereocenters. The number of phosphoric acid groups is 1. The number of aliphatic hydroxyl groups excluding tert-OH is 2. The molecular formula is C47H90NO10P. The van der Waals surface area contributed by atoms with Gasteiger partial charge in [0.25, 0.3) is 0 Å². The van der Waals surface area contributed by atoms with Crippen LogP contribution in [0.2, 0.25) is 0 Å². The molecule has 0 saturated heterocycles. The molecule has 0 heterocycles. The molecule has 0 bridgehead atoms. The molecule has 0 rings (SSSR count). The fourth-order valence-corrected chi connectivity index (χ4v) is 7.54. The zero-order valence-electron chi connectivity index (χ0n) is 37.7. The number of nitrogens with two attached hydrogens (primary N) is 1. The first-order valence-corrected chi connectivity index (χ1v) is 25.5. The highest BCUT2D eigenvalue weighted by Crippen LogP contribution is 2.43. The van der Waals surface area contributed by atoms with Crippen LogP contribution in [0.15, 0.2) is 24.3 Å². The summed E-state index contributed by atoms with van der Waals surface area (Å²) in [5, 5.41) is 20.4. The van der Waals surface area contributed by atoms with Crippen molar-refractivity contribution in [3.63, 3.8) is 0 Å². The molecule has 5 N–H and O–H groups in total. The molecule has 1 unspecified atom stereocenters. The molecule has 0 aromatic heterocycles. The molecule has 12 heteroatoms. The van der Waals surface area contributed by atoms with Gasteiger partial charge in [-0.05, 0) is 64.2 Å². The Labute approximate surface area is 360 Å². The second-order valence-electron chi connectivity index (χ2n) is 16.3. The molecule has 0 aliphatic heterocycles. The Bertz CT molecular complexity index is 1060. The Morgan fingerprint density at radius 3 is 1.54 bits per heavy atom. The number of allylic oxidation sites excluding steroid dienone is 3. The van der Waals surface area contributed by atoms with Gasteiger partial charge in [-0.25, -0.2) is 4.57 Å². The van der Waals surface area contributed by atoms with E-state index in [1.165, 1.54) is 109 Å². The molecule has 0 fully saturated rings. The van der Waals surface area contributed by atoms with Crippen LogP contribution >= 0.6 is 7.82 Å². The SMILES string of the molecule is CCCCC/C=C\C[C@@H](O)[C@H](O)CCCCCCCC(=O)OC[C@H](COP(=O)(O)OCCN)OC(=O)CCCCCCCCCCCCC/C=C\CCCCCCCC. The fourth-order valence-electron chi connectivity index (χ4n) is 6.77. The zero-order valence-corrected chi connectivity index (χ0v) is 38.6. The number of ether oxygens (including phenoxy) is 2. The van der Waals surface area contributed by atoms with Crippen LogP contribution < -0.4 is 5.73 Å². The Balaban J connectivity index is 4.17. The van der Waals surface area contributed by atoms with E-state index >= 15 is 0 Å². The third-order valence-corrected chi connectivity index (χ3v) is 11.5. The van der Waals surface area contributed by atoms with Crippen molar-refractivity contribution in [1.29, 1.82) is 0 Å². The van der Waals surface area contributed by atoms with Crippen molar-refractivity contribution in [3.05, 3.63) is 24.3 Å². The van der Waals surface area contributed by atoms with E-state index in [4.69, 9.17) is 24.3 Å². The van der Waals surface area contributed by atoms with Crippen molar-refractivity contribution in [3.8, 4) is 0 Å². The van der Waals surface area contributed by atoms with E-state index in [-0.39, 0.29) is 32.6 Å². The molecule has 59 heavy (non-hydrogen) atoms. The van der Waals surface area contributed by atoms with Crippen molar-refractivity contribution >= 4 is 19.8 Å². The standard InChI is InChI=1S/C47H90NO10P/c1-3-5-7-9-11-12-13-14-15-16-17-18-19-20-21-22-23-24-25-29-34-38-47(52)58-43(42-57-59(53,54)56-40-39-48)41-55-46(51)37-33-30-26-28-32-36-45(50)44(49)35-31-27-10-8-6-4-2/h14-15,27,31,43-45,49-50H,3-13,16-26,28-30,32-42,48H2,1-2H3,(H,53,54)/b15-14-,31-27-/t43-,44-,45-/m1/s1. The number of unbranched alkanes of at least 4 members (excludes halogenated alkanes) is 24. The fraction of sp³-hybridized carbons (Fsp3) is 0.872. The number of carbonyl (C=O) groups excluding carboxylic acids is 2. The highest BCUT2D eigenvalue weighted by atomic mass is 31.2. The molecule has 0 radical (unpaired) electrons. The third kappa shape index (κ3) is 41.5. The van der Waals surface area contributed by atoms with Crippen LogP contribution in [0.25, 0.3) is 0 Å². The summed E-state index contributed by atoms with van der Waals surface area (Å²) in [6.07, 6.45) is 39.4. The largest absolute Gasteiger partial charge is 0.472 e. The Hall–Kier alpha value is -1.59. The van der Waals surface area contributed by atoms with Crippen molar-refractivity contribution in [1.82, 2.24) is 0 Å². The molecule has 0 aromatic carbocycles. The van der Waals surface area contributed by atoms with E-state index in [2.05, 4.69) is 32.1 Å². The highest BCUT2D eigenvalue weighted by molar-refractivity contribution is 7.47. The smallest absolute Gasteiger partial charge is 0.462 e. The van der Waals surface area contributed by atoms with Crippen LogP contribution in [0.4, 0.5) is 0 Å². The van der Waals surface area contributed by atoms with Crippen LogP contribution in [0, 0.1) is 0 Å². The number of esters is 2. The number of aliphatic hydroxyl groups is 2. The van der Waals surface area contributed by atoms with Crippen LogP contribution in [-0.2, 0) is 32.7 Å². The first-order chi connectivity index (χ1) is 28.6. The minimum Gasteiger partial charge on any atom is -0.462 e. The molecule has 0 aromatic rings. The lowest BCUT2D eigenvalue weighted by molar-refractivity contribution is -0.161. The number of hydrogen-bond acceptors (Lipinski definition) is 10. The van der Waals surface area contributed by atoms with E-state index in [1.54, 1.807) is 0 Å². The number of rotatable bonds is 45. The lowest BCUT2D eigenvalue weighted by Gasteiger charge is -2.20. The summed E-state index contributed by atoms with van der Waals surface area (Å²) >= 11 is 0. The van der Waals surface area contributed by atoms with Gasteiger partial charge >= 0.3 is 19.8 Å². The maximum Gasteiger partial charge on any atom is 0.472 e. The number of phosphoric ester groups is 1. The molecule has 0 aliphatic carbocycles. The minimum atomic E-state index is -4.41. The summed E-state index contributed by atoms with van der Waals surface area (Å²) in [7, 11) is -4.41. The van der Waals surface area contributed by atoms with E-state index in [1.807, 2.05) is 6.08 Å². The zero-order chi connectivity index (χ0) is 43.5. The average Bonchev–Trinajstić information content (AvgIpc) is 3.22. The van der Waals surface area contributed by atoms with E-state index in [9.17, 15) is 29.3 Å². The van der Waals surface area contributed by atoms with E-state index in [0.29, 0.717) is 25.7 Å². The first kappa shape index (κ1) is 57.4. The normalized spacial score (nSPS) is 14.5. The van der Waals surface area contributed by atoms with E-state index in [0.717, 1.165) is 57.8 Å². The van der Waals surface area contributed by atoms with E-state index < -0.39 is 44.7 Å². The van der Waals surface area contributed by atoms with Gasteiger partial charge in [0, 0.05) is 19.4 Å². The van der Waals surface area contributed by atoms with Gasteiger partial charge in [0.2, 0.25) is 0 Å². The Morgan fingerprint density at radius 2 is 1.00 bits per heavy atom. The monoisotopic (exact) mass is 860 g/mol. The molecule has 0 amide bonds. The lowest BCUT2D eigenvalue weighted by Crippen LogP contribution is -2.29. The van der Waals surface area contributed by atoms with Gasteiger partial charge in [-0.1, -0.05) is 167 Å². The van der Waals surface area contributed by atoms with Gasteiger partial charge in [0.05, 0.1) is 25.4 Å². The molecule has 11 nitrogen and oxygen atoms in total. The van der Waals surface area contributed by atoms with Crippen molar-refractivity contribution in [2.45, 2.75) is 238 Å². The molecular weight excluding hydrogens is 769 g/mol. The lowest BCUT2D eigenvalue weighted by atomic mass is 10.0. The summed E-state index contributed by atoms with van der Waals surface area (Å²) in [6.45, 7) is 3.52. The van der Waals surface area contributed by atoms with Gasteiger partial charge in [0.1, 0.15) is 6.61 Å². The highest BCUT2D eigenvalue weighted by Gasteiger charge is 2.26. The van der Waals surface area contributed by atoms with Crippen molar-refractivity contribution in [2.24, 2.45) is 5.73 Å². The van der Waals surface area contributed by atoms with Gasteiger partial charge in [0.15, 0.2) is 6.10 Å². The van der Waals surface area contributed by atoms with Crippen LogP contribution in [0.1, 0.15) is 219 Å². The second kappa shape index (κ2) is 43.1.